The third-order valence-corrected chi connectivity index (χ3v) is 8.25. The van der Waals surface area contributed by atoms with Gasteiger partial charge in [-0.15, -0.1) is 18.3 Å². The normalized spacial score (nSPS) is 24.2. The summed E-state index contributed by atoms with van der Waals surface area (Å²) in [5.74, 6) is 1.49. The third kappa shape index (κ3) is 7.56. The summed E-state index contributed by atoms with van der Waals surface area (Å²) in [5.41, 5.74) is 0.953. The predicted molar refractivity (Wildman–Crippen MR) is 134 cm³/mol. The molecule has 3 heteroatoms. The second kappa shape index (κ2) is 11.9. The first-order chi connectivity index (χ1) is 14.7. The summed E-state index contributed by atoms with van der Waals surface area (Å²) >= 11 is 1.62. The van der Waals surface area contributed by atoms with Gasteiger partial charge in [0.15, 0.2) is 0 Å². The molecule has 1 fully saturated rings. The SMILES string of the molecule is C=C[C@@](C)(CCC=C(C)C)[C@H](Sc1ccccc1)C(=O)O[C@@H]1C[C@H](C)CC[C@H]1C(C)C. The monoisotopic (exact) mass is 442 g/mol. The zero-order valence-corrected chi connectivity index (χ0v) is 21.2. The van der Waals surface area contributed by atoms with Crippen molar-refractivity contribution in [2.45, 2.75) is 89.9 Å². The van der Waals surface area contributed by atoms with Crippen molar-refractivity contribution in [1.82, 2.24) is 0 Å². The molecule has 0 radical (unpaired) electrons. The number of allylic oxidation sites excluding steroid dienone is 3. The second-order valence-electron chi connectivity index (χ2n) is 10.1. The van der Waals surface area contributed by atoms with Crippen molar-refractivity contribution in [3.8, 4) is 0 Å². The fourth-order valence-corrected chi connectivity index (χ4v) is 5.78. The number of thioether (sulfide) groups is 1. The number of carbonyl (C=O) groups excluding carboxylic acids is 1. The van der Waals surface area contributed by atoms with Gasteiger partial charge in [0.05, 0.1) is 0 Å². The molecular weight excluding hydrogens is 400 g/mol. The minimum absolute atomic E-state index is 0.0157. The maximum absolute atomic E-state index is 13.7. The molecule has 0 aromatic heterocycles. The number of rotatable bonds is 10. The van der Waals surface area contributed by atoms with Gasteiger partial charge in [-0.25, -0.2) is 0 Å². The predicted octanol–water partition coefficient (Wildman–Crippen LogP) is 8.09. The van der Waals surface area contributed by atoms with Crippen molar-refractivity contribution < 1.29 is 9.53 Å². The largest absolute Gasteiger partial charge is 0.461 e. The molecular formula is C28H42O2S. The summed E-state index contributed by atoms with van der Waals surface area (Å²) in [6.45, 7) is 17.3. The van der Waals surface area contributed by atoms with Crippen LogP contribution in [0.1, 0.15) is 73.6 Å². The van der Waals surface area contributed by atoms with E-state index in [9.17, 15) is 4.79 Å². The Morgan fingerprint density at radius 2 is 1.94 bits per heavy atom. The first kappa shape index (κ1) is 25.8. The first-order valence-corrected chi connectivity index (χ1v) is 12.7. The van der Waals surface area contributed by atoms with E-state index in [2.05, 4.69) is 66.3 Å². The lowest BCUT2D eigenvalue weighted by Gasteiger charge is -2.39. The van der Waals surface area contributed by atoms with E-state index in [4.69, 9.17) is 4.74 Å². The van der Waals surface area contributed by atoms with E-state index in [1.807, 2.05) is 24.3 Å². The molecule has 0 aliphatic heterocycles. The highest BCUT2D eigenvalue weighted by Crippen LogP contribution is 2.43. The highest BCUT2D eigenvalue weighted by Gasteiger charge is 2.41. The van der Waals surface area contributed by atoms with Crippen LogP contribution in [0.5, 0.6) is 0 Å². The van der Waals surface area contributed by atoms with E-state index < -0.39 is 0 Å². The van der Waals surface area contributed by atoms with E-state index in [1.54, 1.807) is 11.8 Å². The fourth-order valence-electron chi connectivity index (χ4n) is 4.56. The highest BCUT2D eigenvalue weighted by molar-refractivity contribution is 8.00. The molecule has 2 rings (SSSR count). The molecule has 172 valence electrons. The maximum atomic E-state index is 13.7. The summed E-state index contributed by atoms with van der Waals surface area (Å²) in [4.78, 5) is 14.8. The van der Waals surface area contributed by atoms with Gasteiger partial charge in [0, 0.05) is 10.3 Å². The Bertz CT molecular complexity index is 735. The standard InChI is InChI=1S/C28H42O2S/c1-8-28(7,18-12-13-20(2)3)26(31-23-14-10-9-11-15-23)27(29)30-25-19-22(6)16-17-24(25)21(4)5/h8-11,13-15,21-22,24-26H,1,12,16-19H2,2-7H3/t22-,24+,25-,26-,28+/m1/s1. The average molecular weight is 443 g/mol. The van der Waals surface area contributed by atoms with Crippen LogP contribution >= 0.6 is 11.8 Å². The van der Waals surface area contributed by atoms with Crippen molar-refractivity contribution in [1.29, 1.82) is 0 Å². The van der Waals surface area contributed by atoms with Crippen LogP contribution in [0.4, 0.5) is 0 Å². The number of ether oxygens (including phenoxy) is 1. The summed E-state index contributed by atoms with van der Waals surface area (Å²) < 4.78 is 6.32. The molecule has 5 atom stereocenters. The minimum atomic E-state index is -0.350. The Balaban J connectivity index is 2.28. The van der Waals surface area contributed by atoms with E-state index in [1.165, 1.54) is 12.0 Å². The highest BCUT2D eigenvalue weighted by atomic mass is 32.2. The number of benzene rings is 1. The molecule has 2 nitrogen and oxygen atoms in total. The Kier molecular flexibility index (Phi) is 9.93. The number of hydrogen-bond donors (Lipinski definition) is 0. The van der Waals surface area contributed by atoms with Crippen LogP contribution in [0, 0.1) is 23.2 Å². The van der Waals surface area contributed by atoms with Gasteiger partial charge < -0.3 is 4.74 Å². The molecule has 1 saturated carbocycles. The van der Waals surface area contributed by atoms with Crippen molar-refractivity contribution >= 4 is 17.7 Å². The Labute approximate surface area is 194 Å². The Morgan fingerprint density at radius 1 is 1.26 bits per heavy atom. The van der Waals surface area contributed by atoms with Crippen LogP contribution < -0.4 is 0 Å². The van der Waals surface area contributed by atoms with Crippen molar-refractivity contribution in [3.63, 3.8) is 0 Å². The summed E-state index contributed by atoms with van der Waals surface area (Å²) in [7, 11) is 0. The van der Waals surface area contributed by atoms with E-state index in [-0.39, 0.29) is 22.7 Å². The molecule has 0 N–H and O–H groups in total. The molecule has 0 heterocycles. The van der Waals surface area contributed by atoms with Crippen LogP contribution in [-0.2, 0) is 9.53 Å². The van der Waals surface area contributed by atoms with Crippen LogP contribution in [0.25, 0.3) is 0 Å². The van der Waals surface area contributed by atoms with Gasteiger partial charge in [-0.05, 0) is 69.4 Å². The Hall–Kier alpha value is -1.48. The average Bonchev–Trinajstić information content (AvgIpc) is 2.72. The lowest BCUT2D eigenvalue weighted by atomic mass is 9.75. The van der Waals surface area contributed by atoms with Crippen molar-refractivity contribution in [2.24, 2.45) is 23.2 Å². The lowest BCUT2D eigenvalue weighted by Crippen LogP contribution is -2.42. The molecule has 1 aromatic carbocycles. The van der Waals surface area contributed by atoms with Gasteiger partial charge >= 0.3 is 5.97 Å². The van der Waals surface area contributed by atoms with Crippen LogP contribution in [0.3, 0.4) is 0 Å². The first-order valence-electron chi connectivity index (χ1n) is 11.9. The third-order valence-electron chi connectivity index (χ3n) is 6.74. The number of carbonyl (C=O) groups is 1. The molecule has 0 saturated heterocycles. The van der Waals surface area contributed by atoms with Crippen molar-refractivity contribution in [2.75, 3.05) is 0 Å². The van der Waals surface area contributed by atoms with Crippen LogP contribution in [0.2, 0.25) is 0 Å². The molecule has 0 amide bonds. The fraction of sp³-hybridized carbons (Fsp3) is 0.607. The van der Waals surface area contributed by atoms with Crippen LogP contribution in [0.15, 0.2) is 59.5 Å². The molecule has 0 unspecified atom stereocenters. The summed E-state index contributed by atoms with van der Waals surface area (Å²) in [5, 5.41) is -0.317. The summed E-state index contributed by atoms with van der Waals surface area (Å²) in [6, 6.07) is 10.2. The number of hydrogen-bond acceptors (Lipinski definition) is 3. The zero-order chi connectivity index (χ0) is 23.0. The van der Waals surface area contributed by atoms with Crippen LogP contribution in [-0.4, -0.2) is 17.3 Å². The molecule has 0 bridgehead atoms. The lowest BCUT2D eigenvalue weighted by molar-refractivity contribution is -0.157. The van der Waals surface area contributed by atoms with E-state index in [0.29, 0.717) is 17.8 Å². The van der Waals surface area contributed by atoms with E-state index >= 15 is 0 Å². The minimum Gasteiger partial charge on any atom is -0.461 e. The molecule has 1 aliphatic rings. The van der Waals surface area contributed by atoms with Gasteiger partial charge in [-0.3, -0.25) is 4.79 Å². The van der Waals surface area contributed by atoms with Gasteiger partial charge in [0.1, 0.15) is 11.4 Å². The van der Waals surface area contributed by atoms with Crippen molar-refractivity contribution in [3.05, 3.63) is 54.6 Å². The van der Waals surface area contributed by atoms with Gasteiger partial charge in [-0.2, -0.15) is 0 Å². The van der Waals surface area contributed by atoms with Gasteiger partial charge in [0.2, 0.25) is 0 Å². The number of esters is 1. The molecule has 31 heavy (non-hydrogen) atoms. The molecule has 1 aromatic rings. The summed E-state index contributed by atoms with van der Waals surface area (Å²) in [6.07, 6.45) is 9.38. The topological polar surface area (TPSA) is 26.3 Å². The second-order valence-corrected chi connectivity index (χ2v) is 11.3. The Morgan fingerprint density at radius 3 is 2.52 bits per heavy atom. The zero-order valence-electron chi connectivity index (χ0n) is 20.4. The quantitative estimate of drug-likeness (QED) is 0.208. The van der Waals surface area contributed by atoms with Gasteiger partial charge in [0.25, 0.3) is 0 Å². The van der Waals surface area contributed by atoms with Gasteiger partial charge in [-0.1, -0.05) is 70.0 Å². The smallest absolute Gasteiger partial charge is 0.320 e. The maximum Gasteiger partial charge on any atom is 0.320 e. The molecule has 0 spiro atoms. The molecule has 1 aliphatic carbocycles. The van der Waals surface area contributed by atoms with E-state index in [0.717, 1.165) is 30.6 Å².